The number of hydrogen-bond donors (Lipinski definition) is 1. The van der Waals surface area contributed by atoms with Gasteiger partial charge in [0.1, 0.15) is 22.7 Å². The van der Waals surface area contributed by atoms with Crippen molar-refractivity contribution in [2.24, 2.45) is 0 Å². The molecule has 1 saturated heterocycles. The van der Waals surface area contributed by atoms with Crippen molar-refractivity contribution in [2.75, 3.05) is 31.3 Å². The van der Waals surface area contributed by atoms with E-state index in [0.717, 1.165) is 5.23 Å². The first kappa shape index (κ1) is 17.8. The fourth-order valence-electron chi connectivity index (χ4n) is 1.88. The third-order valence-electron chi connectivity index (χ3n) is 3.99. The second-order valence-corrected chi connectivity index (χ2v) is 6.80. The van der Waals surface area contributed by atoms with E-state index in [9.17, 15) is 8.78 Å². The third kappa shape index (κ3) is 3.70. The predicted octanol–water partition coefficient (Wildman–Crippen LogP) is 3.19. The average Bonchev–Trinajstić information content (AvgIpc) is 2.64. The van der Waals surface area contributed by atoms with Crippen LogP contribution < -0.4 is 10.5 Å². The molecule has 0 bridgehead atoms. The van der Waals surface area contributed by atoms with Crippen molar-refractivity contribution >= 4 is 11.5 Å². The molecule has 0 spiro atoms. The molecule has 1 fully saturated rings. The summed E-state index contributed by atoms with van der Waals surface area (Å²) in [6.07, 6.45) is -1.34. The number of anilines is 2. The van der Waals surface area contributed by atoms with Crippen molar-refractivity contribution in [3.05, 3.63) is 17.8 Å². The predicted molar refractivity (Wildman–Crippen MR) is 84.2 cm³/mol. The molecule has 8 heteroatoms. The lowest BCUT2D eigenvalue weighted by Crippen LogP contribution is -2.41. The number of nitrogens with one attached hydrogen (secondary N) is 1. The van der Waals surface area contributed by atoms with E-state index in [2.05, 4.69) is 10.3 Å². The van der Waals surface area contributed by atoms with Crippen LogP contribution in [0.2, 0.25) is 0 Å². The quantitative estimate of drug-likeness (QED) is 0.837. The standard InChI is InChI=1S/C15H24F2N4O2/c1-14(2)15(3,4)23-21(22-14)11-8-18-12(19-9-20(5)6)7-10(11)13(16)17/h7-8,13H,9H2,1-6H3,(H,18,19). The Morgan fingerprint density at radius 3 is 2.26 bits per heavy atom. The average molecular weight is 330 g/mol. The molecular weight excluding hydrogens is 306 g/mol. The zero-order chi connectivity index (χ0) is 17.4. The fraction of sp³-hybridized carbons (Fsp3) is 0.667. The normalized spacial score (nSPS) is 19.7. The summed E-state index contributed by atoms with van der Waals surface area (Å²) >= 11 is 0. The van der Waals surface area contributed by atoms with Crippen molar-refractivity contribution in [1.82, 2.24) is 9.88 Å². The highest BCUT2D eigenvalue weighted by Gasteiger charge is 2.50. The summed E-state index contributed by atoms with van der Waals surface area (Å²) in [6.45, 7) is 7.86. The second-order valence-electron chi connectivity index (χ2n) is 6.80. The van der Waals surface area contributed by atoms with Crippen LogP contribution in [0.15, 0.2) is 12.3 Å². The molecule has 0 aliphatic carbocycles. The van der Waals surface area contributed by atoms with Gasteiger partial charge in [0.05, 0.1) is 18.4 Å². The van der Waals surface area contributed by atoms with Crippen molar-refractivity contribution in [3.63, 3.8) is 0 Å². The molecule has 1 aliphatic rings. The summed E-state index contributed by atoms with van der Waals surface area (Å²) in [7, 11) is 3.73. The molecule has 23 heavy (non-hydrogen) atoms. The molecule has 6 nitrogen and oxygen atoms in total. The van der Waals surface area contributed by atoms with Gasteiger partial charge in [0.25, 0.3) is 6.43 Å². The Balaban J connectivity index is 2.29. The van der Waals surface area contributed by atoms with E-state index < -0.39 is 17.6 Å². The Kier molecular flexibility index (Phi) is 4.79. The largest absolute Gasteiger partial charge is 0.357 e. The van der Waals surface area contributed by atoms with Gasteiger partial charge in [-0.25, -0.2) is 23.4 Å². The summed E-state index contributed by atoms with van der Waals surface area (Å²) < 4.78 is 26.9. The van der Waals surface area contributed by atoms with Crippen LogP contribution in [0.4, 0.5) is 20.3 Å². The highest BCUT2D eigenvalue weighted by atomic mass is 19.3. The van der Waals surface area contributed by atoms with Crippen molar-refractivity contribution in [3.8, 4) is 0 Å². The molecule has 0 atom stereocenters. The van der Waals surface area contributed by atoms with Gasteiger partial charge >= 0.3 is 0 Å². The van der Waals surface area contributed by atoms with Crippen LogP contribution in [0.3, 0.4) is 0 Å². The van der Waals surface area contributed by atoms with Crippen molar-refractivity contribution in [2.45, 2.75) is 45.3 Å². The molecule has 2 rings (SSSR count). The maximum Gasteiger partial charge on any atom is 0.266 e. The van der Waals surface area contributed by atoms with E-state index >= 15 is 0 Å². The summed E-state index contributed by atoms with van der Waals surface area (Å²) in [5.74, 6) is 0.371. The number of alkyl halides is 2. The molecule has 130 valence electrons. The minimum Gasteiger partial charge on any atom is -0.357 e. The lowest BCUT2D eigenvalue weighted by molar-refractivity contribution is -0.0290. The summed E-state index contributed by atoms with van der Waals surface area (Å²) in [6, 6.07) is 1.31. The molecule has 0 radical (unpaired) electrons. The van der Waals surface area contributed by atoms with Crippen LogP contribution >= 0.6 is 0 Å². The Labute approximate surface area is 135 Å². The number of nitrogens with zero attached hydrogens (tertiary/aromatic N) is 3. The highest BCUT2D eigenvalue weighted by molar-refractivity contribution is 5.55. The molecule has 1 N–H and O–H groups in total. The molecule has 0 amide bonds. The van der Waals surface area contributed by atoms with E-state index in [-0.39, 0.29) is 11.3 Å². The van der Waals surface area contributed by atoms with Crippen LogP contribution in [0.5, 0.6) is 0 Å². The van der Waals surface area contributed by atoms with Gasteiger partial charge in [0.2, 0.25) is 0 Å². The van der Waals surface area contributed by atoms with Crippen LogP contribution in [-0.4, -0.2) is 41.9 Å². The topological polar surface area (TPSA) is 49.9 Å². The smallest absolute Gasteiger partial charge is 0.266 e. The molecule has 0 aromatic carbocycles. The molecule has 0 saturated carbocycles. The van der Waals surface area contributed by atoms with Gasteiger partial charge < -0.3 is 5.32 Å². The van der Waals surface area contributed by atoms with Gasteiger partial charge in [-0.1, -0.05) is 0 Å². The minimum atomic E-state index is -2.67. The van der Waals surface area contributed by atoms with Crippen LogP contribution in [0, 0.1) is 0 Å². The van der Waals surface area contributed by atoms with Gasteiger partial charge in [0, 0.05) is 0 Å². The SMILES string of the molecule is CN(C)CNc1cc(C(F)F)c(N2OC(C)(C)C(C)(C)O2)cn1. The first-order valence-corrected chi connectivity index (χ1v) is 7.38. The molecule has 1 aromatic heterocycles. The highest BCUT2D eigenvalue weighted by Crippen LogP contribution is 2.42. The third-order valence-corrected chi connectivity index (χ3v) is 3.99. The van der Waals surface area contributed by atoms with Gasteiger partial charge in [-0.15, -0.1) is 5.23 Å². The lowest BCUT2D eigenvalue weighted by atomic mass is 9.90. The Morgan fingerprint density at radius 1 is 1.22 bits per heavy atom. The maximum absolute atomic E-state index is 13.4. The Morgan fingerprint density at radius 2 is 1.78 bits per heavy atom. The number of halogens is 2. The Bertz CT molecular complexity index is 548. The van der Waals surface area contributed by atoms with Crippen LogP contribution in [-0.2, 0) is 9.68 Å². The van der Waals surface area contributed by atoms with Crippen molar-refractivity contribution in [1.29, 1.82) is 0 Å². The van der Waals surface area contributed by atoms with E-state index in [1.165, 1.54) is 12.3 Å². The zero-order valence-electron chi connectivity index (χ0n) is 14.4. The molecule has 1 aromatic rings. The molecule has 1 aliphatic heterocycles. The summed E-state index contributed by atoms with van der Waals surface area (Å²) in [5, 5.41) is 4.02. The number of aromatic nitrogens is 1. The van der Waals surface area contributed by atoms with E-state index in [1.54, 1.807) is 0 Å². The fourth-order valence-corrected chi connectivity index (χ4v) is 1.88. The van der Waals surface area contributed by atoms with Gasteiger partial charge in [-0.3, -0.25) is 4.90 Å². The first-order valence-electron chi connectivity index (χ1n) is 7.38. The van der Waals surface area contributed by atoms with Crippen LogP contribution in [0.25, 0.3) is 0 Å². The van der Waals surface area contributed by atoms with E-state index in [4.69, 9.17) is 9.68 Å². The van der Waals surface area contributed by atoms with Crippen molar-refractivity contribution < 1.29 is 18.5 Å². The molecular formula is C15H24F2N4O2. The van der Waals surface area contributed by atoms with E-state index in [1.807, 2.05) is 46.7 Å². The first-order chi connectivity index (χ1) is 10.5. The zero-order valence-corrected chi connectivity index (χ0v) is 14.4. The number of pyridine rings is 1. The van der Waals surface area contributed by atoms with E-state index in [0.29, 0.717) is 12.5 Å². The molecule has 0 unspecified atom stereocenters. The molecule has 2 heterocycles. The van der Waals surface area contributed by atoms with Crippen LogP contribution in [0.1, 0.15) is 39.7 Å². The second kappa shape index (κ2) is 6.18. The summed E-state index contributed by atoms with van der Waals surface area (Å²) in [4.78, 5) is 17.4. The van der Waals surface area contributed by atoms with Gasteiger partial charge in [-0.05, 0) is 47.9 Å². The minimum absolute atomic E-state index is 0.106. The maximum atomic E-state index is 13.4. The summed E-state index contributed by atoms with van der Waals surface area (Å²) in [5.41, 5.74) is -1.41. The number of hydrogen-bond acceptors (Lipinski definition) is 6. The number of rotatable bonds is 5. The monoisotopic (exact) mass is 330 g/mol. The van der Waals surface area contributed by atoms with Gasteiger partial charge in [0.15, 0.2) is 0 Å². The lowest BCUT2D eigenvalue weighted by Gasteiger charge is -2.26. The Hall–Kier alpha value is -1.51. The van der Waals surface area contributed by atoms with Gasteiger partial charge in [-0.2, -0.15) is 0 Å².